The quantitative estimate of drug-likeness (QED) is 0.245. The molecule has 1 amide bonds. The van der Waals surface area contributed by atoms with Crippen molar-refractivity contribution in [2.75, 3.05) is 23.7 Å². The van der Waals surface area contributed by atoms with Crippen LogP contribution in [0.3, 0.4) is 0 Å². The monoisotopic (exact) mass is 633 g/mol. The second kappa shape index (κ2) is 15.2. The molecule has 1 aliphatic heterocycles. The molecule has 3 heterocycles. The van der Waals surface area contributed by atoms with E-state index in [1.807, 2.05) is 43.6 Å². The van der Waals surface area contributed by atoms with E-state index in [-0.39, 0.29) is 36.9 Å². The molecule has 1 aromatic carbocycles. The van der Waals surface area contributed by atoms with Gasteiger partial charge in [0, 0.05) is 37.3 Å². The number of carbonyl (C=O) groups is 1. The fourth-order valence-corrected chi connectivity index (χ4v) is 6.41. The van der Waals surface area contributed by atoms with Gasteiger partial charge in [-0.2, -0.15) is 9.97 Å². The lowest BCUT2D eigenvalue weighted by Gasteiger charge is -2.31. The number of hydrogen-bond acceptors (Lipinski definition) is 9. The van der Waals surface area contributed by atoms with Crippen LogP contribution in [0, 0.1) is 0 Å². The fourth-order valence-electron chi connectivity index (χ4n) is 6.41. The van der Waals surface area contributed by atoms with Crippen molar-refractivity contribution in [1.29, 1.82) is 0 Å². The van der Waals surface area contributed by atoms with E-state index in [0.29, 0.717) is 37.2 Å². The van der Waals surface area contributed by atoms with E-state index in [2.05, 4.69) is 20.5 Å². The Kier molecular flexibility index (Phi) is 11.7. The number of anilines is 2. The summed E-state index contributed by atoms with van der Waals surface area (Å²) in [6.45, 7) is 3.24. The van der Waals surface area contributed by atoms with E-state index < -0.39 is 6.09 Å². The van der Waals surface area contributed by atoms with Gasteiger partial charge < -0.3 is 31.1 Å². The van der Waals surface area contributed by atoms with Gasteiger partial charge in [-0.3, -0.25) is 0 Å². The topological polar surface area (TPSA) is 135 Å². The highest BCUT2D eigenvalue weighted by Crippen LogP contribution is 2.34. The van der Waals surface area contributed by atoms with Crippen LogP contribution in [0.5, 0.6) is 0 Å². The Morgan fingerprint density at radius 1 is 0.930 bits per heavy atom. The molecular formula is C30H45Cl2N9O2. The molecule has 3 aliphatic rings. The number of halogens is 2. The highest BCUT2D eigenvalue weighted by atomic mass is 35.5. The minimum Gasteiger partial charge on any atom is -0.365 e. The molecule has 0 radical (unpaired) electrons. The summed E-state index contributed by atoms with van der Waals surface area (Å²) in [4.78, 5) is 32.8. The molecule has 0 spiro atoms. The van der Waals surface area contributed by atoms with Crippen LogP contribution in [-0.2, 0) is 4.84 Å². The van der Waals surface area contributed by atoms with E-state index in [9.17, 15) is 4.79 Å². The molecule has 3 aromatic rings. The van der Waals surface area contributed by atoms with Crippen molar-refractivity contribution in [3.05, 3.63) is 42.2 Å². The second-order valence-corrected chi connectivity index (χ2v) is 11.9. The third-order valence-electron chi connectivity index (χ3n) is 8.89. The summed E-state index contributed by atoms with van der Waals surface area (Å²) in [5.41, 5.74) is 8.89. The van der Waals surface area contributed by atoms with Crippen LogP contribution < -0.4 is 21.7 Å². The van der Waals surface area contributed by atoms with E-state index in [0.717, 1.165) is 73.9 Å². The zero-order chi connectivity index (χ0) is 28.2. The molecule has 0 bridgehead atoms. The zero-order valence-corrected chi connectivity index (χ0v) is 26.4. The van der Waals surface area contributed by atoms with Crippen molar-refractivity contribution < 1.29 is 9.63 Å². The number of hydroxylamine groups is 2. The van der Waals surface area contributed by atoms with Gasteiger partial charge in [0.15, 0.2) is 17.0 Å². The van der Waals surface area contributed by atoms with Gasteiger partial charge in [-0.25, -0.2) is 9.78 Å². The number of aromatic nitrogens is 4. The summed E-state index contributed by atoms with van der Waals surface area (Å²) in [5.74, 6) is 1.43. The van der Waals surface area contributed by atoms with E-state index in [1.165, 1.54) is 12.8 Å². The van der Waals surface area contributed by atoms with Crippen LogP contribution in [0.15, 0.2) is 36.7 Å². The summed E-state index contributed by atoms with van der Waals surface area (Å²) >= 11 is 0. The highest BCUT2D eigenvalue weighted by Gasteiger charge is 2.27. The number of fused-ring (bicyclic) bond motifs is 1. The first-order chi connectivity index (χ1) is 20.0. The molecular weight excluding hydrogens is 589 g/mol. The smallest absolute Gasteiger partial charge is 0.365 e. The Labute approximate surface area is 265 Å². The van der Waals surface area contributed by atoms with Crippen molar-refractivity contribution in [2.45, 2.75) is 101 Å². The summed E-state index contributed by atoms with van der Waals surface area (Å²) in [7, 11) is 0. The molecule has 236 valence electrons. The minimum absolute atomic E-state index is 0. The lowest BCUT2D eigenvalue weighted by molar-refractivity contribution is -0.113. The van der Waals surface area contributed by atoms with Gasteiger partial charge in [-0.05, 0) is 63.9 Å². The summed E-state index contributed by atoms with van der Waals surface area (Å²) in [5, 5.41) is 11.9. The Balaban J connectivity index is 0.00000212. The lowest BCUT2D eigenvalue weighted by atomic mass is 9.92. The van der Waals surface area contributed by atoms with E-state index in [4.69, 9.17) is 25.5 Å². The van der Waals surface area contributed by atoms with Gasteiger partial charge in [-0.15, -0.1) is 29.9 Å². The molecule has 11 nitrogen and oxygen atoms in total. The molecule has 3 fully saturated rings. The SMILES string of the molecule is C[C@H](NC(=O)ON1CCC(Nc2nc(N[C@H]3CC[C@H](N)CC3)nc3c2ncn3C2CCCC2)CC1)c1ccccc1.Cl.Cl. The zero-order valence-electron chi connectivity index (χ0n) is 24.8. The van der Waals surface area contributed by atoms with Crippen LogP contribution in [0.25, 0.3) is 11.2 Å². The maximum Gasteiger partial charge on any atom is 0.426 e. The van der Waals surface area contributed by atoms with Crippen molar-refractivity contribution in [1.82, 2.24) is 29.9 Å². The average Bonchev–Trinajstić information content (AvgIpc) is 3.66. The molecule has 2 aromatic heterocycles. The molecule has 2 saturated carbocycles. The number of nitrogens with two attached hydrogens (primary N) is 1. The molecule has 5 N–H and O–H groups in total. The van der Waals surface area contributed by atoms with Gasteiger partial charge >= 0.3 is 6.09 Å². The van der Waals surface area contributed by atoms with Crippen LogP contribution in [-0.4, -0.2) is 61.9 Å². The lowest BCUT2D eigenvalue weighted by Crippen LogP contribution is -2.42. The molecule has 0 unspecified atom stereocenters. The van der Waals surface area contributed by atoms with Gasteiger partial charge in [0.1, 0.15) is 0 Å². The predicted molar refractivity (Wildman–Crippen MR) is 174 cm³/mol. The number of carbonyl (C=O) groups excluding carboxylic acids is 1. The van der Waals surface area contributed by atoms with Crippen LogP contribution in [0.4, 0.5) is 16.6 Å². The number of nitrogens with zero attached hydrogens (tertiary/aromatic N) is 5. The second-order valence-electron chi connectivity index (χ2n) is 11.9. The molecule has 1 saturated heterocycles. The molecule has 1 atom stereocenters. The Morgan fingerprint density at radius 3 is 2.30 bits per heavy atom. The number of hydrogen-bond donors (Lipinski definition) is 4. The first-order valence-electron chi connectivity index (χ1n) is 15.3. The number of rotatable bonds is 8. The normalized spacial score (nSPS) is 22.3. The maximum absolute atomic E-state index is 12.5. The minimum atomic E-state index is -0.429. The Hall–Kier alpha value is -2.86. The third kappa shape index (κ3) is 8.20. The van der Waals surface area contributed by atoms with Gasteiger partial charge in [0.25, 0.3) is 0 Å². The maximum atomic E-state index is 12.5. The van der Waals surface area contributed by atoms with Gasteiger partial charge in [0.2, 0.25) is 5.95 Å². The number of amides is 1. The number of nitrogens with one attached hydrogen (secondary N) is 3. The number of benzene rings is 1. The van der Waals surface area contributed by atoms with Crippen molar-refractivity contribution in [3.8, 4) is 0 Å². The summed E-state index contributed by atoms with van der Waals surface area (Å²) in [6.07, 6.45) is 12.1. The number of imidazole rings is 1. The molecule has 6 rings (SSSR count). The number of piperidine rings is 1. The van der Waals surface area contributed by atoms with Crippen molar-refractivity contribution >= 4 is 53.8 Å². The van der Waals surface area contributed by atoms with Crippen LogP contribution >= 0.6 is 24.8 Å². The first-order valence-corrected chi connectivity index (χ1v) is 15.3. The highest BCUT2D eigenvalue weighted by molar-refractivity contribution is 5.86. The fraction of sp³-hybridized carbons (Fsp3) is 0.600. The largest absolute Gasteiger partial charge is 0.426 e. The summed E-state index contributed by atoms with van der Waals surface area (Å²) in [6, 6.07) is 11.0. The van der Waals surface area contributed by atoms with Gasteiger partial charge in [0.05, 0.1) is 12.4 Å². The third-order valence-corrected chi connectivity index (χ3v) is 8.89. The Bertz CT molecular complexity index is 1310. The molecule has 43 heavy (non-hydrogen) atoms. The van der Waals surface area contributed by atoms with E-state index in [1.54, 1.807) is 5.06 Å². The predicted octanol–water partition coefficient (Wildman–Crippen LogP) is 5.75. The van der Waals surface area contributed by atoms with Crippen molar-refractivity contribution in [2.24, 2.45) is 5.73 Å². The molecule has 13 heteroatoms. The summed E-state index contributed by atoms with van der Waals surface area (Å²) < 4.78 is 2.25. The Morgan fingerprint density at radius 2 is 1.60 bits per heavy atom. The van der Waals surface area contributed by atoms with E-state index >= 15 is 0 Å². The van der Waals surface area contributed by atoms with Crippen molar-refractivity contribution in [3.63, 3.8) is 0 Å². The molecule has 2 aliphatic carbocycles. The van der Waals surface area contributed by atoms with Crippen LogP contribution in [0.2, 0.25) is 0 Å². The standard InChI is InChI=1S/C30H43N9O2.2ClH/c1-20(21-7-3-2-4-8-21)33-30(40)41-38-17-15-24(16-18-38)34-27-26-28(39(19-32-26)25-9-5-6-10-25)37-29(36-27)35-23-13-11-22(31)12-14-23;;/h2-4,7-8,19-20,22-25H,5-6,9-18,31H2,1H3,(H,33,40)(H2,34,35,36,37);2*1H/t20-,22-,23-;;/m0../s1. The van der Waals surface area contributed by atoms with Crippen LogP contribution in [0.1, 0.15) is 88.8 Å². The van der Waals surface area contributed by atoms with Gasteiger partial charge in [-0.1, -0.05) is 43.2 Å². The average molecular weight is 635 g/mol. The first kappa shape index (κ1) is 33.0.